The Kier molecular flexibility index (Phi) is 4.82. The zero-order chi connectivity index (χ0) is 27.0. The molecule has 192 valence electrons. The molecule has 2 heterocycles. The van der Waals surface area contributed by atoms with E-state index in [1.54, 1.807) is 0 Å². The smallest absolute Gasteiger partial charge is 0.0548 e. The lowest BCUT2D eigenvalue weighted by Gasteiger charge is -2.24. The largest absolute Gasteiger partial charge is 0.335 e. The molecule has 0 fully saturated rings. The van der Waals surface area contributed by atoms with Gasteiger partial charge in [0.2, 0.25) is 0 Å². The fraction of sp³-hybridized carbons (Fsp3) is 0.105. The van der Waals surface area contributed by atoms with Crippen molar-refractivity contribution in [3.8, 4) is 16.8 Å². The summed E-state index contributed by atoms with van der Waals surface area (Å²) in [4.78, 5) is 0. The van der Waals surface area contributed by atoms with Gasteiger partial charge in [0, 0.05) is 32.8 Å². The van der Waals surface area contributed by atoms with E-state index < -0.39 is 0 Å². The van der Waals surface area contributed by atoms with Crippen molar-refractivity contribution in [3.05, 3.63) is 127 Å². The molecule has 0 saturated carbocycles. The molecule has 0 aliphatic carbocycles. The summed E-state index contributed by atoms with van der Waals surface area (Å²) in [5.41, 5.74) is 8.59. The molecule has 0 aliphatic rings. The summed E-state index contributed by atoms with van der Waals surface area (Å²) in [6.45, 7) is 6.93. The van der Waals surface area contributed by atoms with Gasteiger partial charge in [0.05, 0.1) is 22.1 Å². The number of nitrogens with zero attached hydrogens (tertiary/aromatic N) is 2. The normalized spacial score (nSPS) is 12.4. The summed E-state index contributed by atoms with van der Waals surface area (Å²) in [6, 6.07) is 46.6. The second-order valence-corrected chi connectivity index (χ2v) is 11.8. The van der Waals surface area contributed by atoms with Gasteiger partial charge in [-0.2, -0.15) is 0 Å². The summed E-state index contributed by atoms with van der Waals surface area (Å²) in [7, 11) is 0. The predicted octanol–water partition coefficient (Wildman–Crippen LogP) is 10.5. The van der Waals surface area contributed by atoms with Crippen LogP contribution in [0, 0.1) is 0 Å². The van der Waals surface area contributed by atoms with Crippen LogP contribution in [-0.4, -0.2) is 9.13 Å². The Hall–Kier alpha value is -4.82. The molecule has 8 rings (SSSR count). The fourth-order valence-electron chi connectivity index (χ4n) is 6.70. The highest BCUT2D eigenvalue weighted by molar-refractivity contribution is 6.24. The van der Waals surface area contributed by atoms with Crippen LogP contribution in [0.1, 0.15) is 20.8 Å². The molecule has 0 unspecified atom stereocenters. The van der Waals surface area contributed by atoms with E-state index in [9.17, 15) is 0 Å². The van der Waals surface area contributed by atoms with Crippen molar-refractivity contribution >= 4 is 54.4 Å². The minimum Gasteiger partial charge on any atom is -0.335 e. The van der Waals surface area contributed by atoms with Crippen LogP contribution in [0.4, 0.5) is 0 Å². The van der Waals surface area contributed by atoms with E-state index in [-0.39, 0.29) is 5.54 Å². The number of fused-ring (bicyclic) bond motifs is 8. The predicted molar refractivity (Wildman–Crippen MR) is 172 cm³/mol. The lowest BCUT2D eigenvalue weighted by molar-refractivity contribution is 0.423. The highest BCUT2D eigenvalue weighted by Gasteiger charge is 2.24. The molecule has 0 N–H and O–H groups in total. The Morgan fingerprint density at radius 1 is 0.450 bits per heavy atom. The van der Waals surface area contributed by atoms with Gasteiger partial charge < -0.3 is 9.13 Å². The van der Waals surface area contributed by atoms with Gasteiger partial charge in [0.25, 0.3) is 0 Å². The van der Waals surface area contributed by atoms with Crippen LogP contribution in [-0.2, 0) is 5.54 Å². The van der Waals surface area contributed by atoms with Crippen LogP contribution < -0.4 is 0 Å². The zero-order valence-corrected chi connectivity index (χ0v) is 23.0. The molecule has 0 radical (unpaired) electrons. The maximum absolute atomic E-state index is 2.53. The van der Waals surface area contributed by atoms with Gasteiger partial charge in [0.1, 0.15) is 0 Å². The summed E-state index contributed by atoms with van der Waals surface area (Å²) in [6.07, 6.45) is 0. The molecule has 8 aromatic rings. The minimum absolute atomic E-state index is 0.0709. The first-order chi connectivity index (χ1) is 19.5. The lowest BCUT2D eigenvalue weighted by atomic mass is 10.0. The first-order valence-electron chi connectivity index (χ1n) is 14.0. The fourth-order valence-corrected chi connectivity index (χ4v) is 6.70. The standard InChI is InChI=1S/C38H30N2/c1-38(2,3)40-34-21-20-26-14-7-8-17-29(26)37(34)32-24-35-31(23-36(32)40)30-18-9-10-19-33(30)39(35)28-16-11-15-27(22-28)25-12-5-4-6-13-25/h4-24H,1-3H3. The highest BCUT2D eigenvalue weighted by Crippen LogP contribution is 2.42. The van der Waals surface area contributed by atoms with Crippen LogP contribution in [0.25, 0.3) is 71.2 Å². The number of benzene rings is 6. The van der Waals surface area contributed by atoms with Gasteiger partial charge >= 0.3 is 0 Å². The molecule has 0 spiro atoms. The molecule has 0 aliphatic heterocycles. The zero-order valence-electron chi connectivity index (χ0n) is 23.0. The van der Waals surface area contributed by atoms with Crippen LogP contribution >= 0.6 is 0 Å². The van der Waals surface area contributed by atoms with Gasteiger partial charge in [-0.05, 0) is 79.1 Å². The number of para-hydroxylation sites is 1. The van der Waals surface area contributed by atoms with Crippen molar-refractivity contribution in [1.82, 2.24) is 9.13 Å². The van der Waals surface area contributed by atoms with E-state index >= 15 is 0 Å². The minimum atomic E-state index is -0.0709. The molecule has 0 atom stereocenters. The summed E-state index contributed by atoms with van der Waals surface area (Å²) in [5, 5.41) is 7.78. The van der Waals surface area contributed by atoms with Crippen molar-refractivity contribution in [2.75, 3.05) is 0 Å². The second-order valence-electron chi connectivity index (χ2n) is 11.8. The van der Waals surface area contributed by atoms with E-state index in [1.807, 2.05) is 0 Å². The number of aromatic nitrogens is 2. The first-order valence-corrected chi connectivity index (χ1v) is 14.0. The summed E-state index contributed by atoms with van der Waals surface area (Å²) >= 11 is 0. The third-order valence-corrected chi connectivity index (χ3v) is 8.33. The van der Waals surface area contributed by atoms with Gasteiger partial charge in [0.15, 0.2) is 0 Å². The average Bonchev–Trinajstić information content (AvgIpc) is 3.49. The van der Waals surface area contributed by atoms with Gasteiger partial charge in [-0.3, -0.25) is 0 Å². The van der Waals surface area contributed by atoms with E-state index in [0.717, 1.165) is 0 Å². The van der Waals surface area contributed by atoms with Crippen molar-refractivity contribution < 1.29 is 0 Å². The van der Waals surface area contributed by atoms with Crippen molar-refractivity contribution in [1.29, 1.82) is 0 Å². The quantitative estimate of drug-likeness (QED) is 0.217. The van der Waals surface area contributed by atoms with E-state index in [0.29, 0.717) is 0 Å². The molecule has 2 heteroatoms. The molecule has 0 bridgehead atoms. The molecule has 2 aromatic heterocycles. The maximum Gasteiger partial charge on any atom is 0.0548 e. The second kappa shape index (κ2) is 8.34. The molecule has 2 nitrogen and oxygen atoms in total. The van der Waals surface area contributed by atoms with Crippen molar-refractivity contribution in [3.63, 3.8) is 0 Å². The van der Waals surface area contributed by atoms with Crippen LogP contribution in [0.15, 0.2) is 127 Å². The average molecular weight is 515 g/mol. The Bertz CT molecular complexity index is 2240. The Labute approximate surface area is 233 Å². The lowest BCUT2D eigenvalue weighted by Crippen LogP contribution is -2.21. The van der Waals surface area contributed by atoms with Crippen LogP contribution in [0.5, 0.6) is 0 Å². The maximum atomic E-state index is 2.53. The number of hydrogen-bond acceptors (Lipinski definition) is 0. The topological polar surface area (TPSA) is 9.86 Å². The van der Waals surface area contributed by atoms with E-state index in [1.165, 1.54) is 71.2 Å². The third-order valence-electron chi connectivity index (χ3n) is 8.33. The van der Waals surface area contributed by atoms with Crippen LogP contribution in [0.3, 0.4) is 0 Å². The number of hydrogen-bond donors (Lipinski definition) is 0. The molecule has 0 amide bonds. The third kappa shape index (κ3) is 3.29. The molecular weight excluding hydrogens is 484 g/mol. The summed E-state index contributed by atoms with van der Waals surface area (Å²) in [5.74, 6) is 0. The van der Waals surface area contributed by atoms with Crippen molar-refractivity contribution in [2.24, 2.45) is 0 Å². The Morgan fingerprint density at radius 2 is 1.15 bits per heavy atom. The SMILES string of the molecule is CC(C)(C)n1c2cc3c4ccccc4n(-c4cccc(-c5ccccc5)c4)c3cc2c2c3ccccc3ccc21. The Morgan fingerprint density at radius 3 is 1.98 bits per heavy atom. The molecule has 0 saturated heterocycles. The van der Waals surface area contributed by atoms with Gasteiger partial charge in [-0.25, -0.2) is 0 Å². The summed E-state index contributed by atoms with van der Waals surface area (Å²) < 4.78 is 4.98. The van der Waals surface area contributed by atoms with Crippen molar-refractivity contribution in [2.45, 2.75) is 26.3 Å². The van der Waals surface area contributed by atoms with Crippen LogP contribution in [0.2, 0.25) is 0 Å². The van der Waals surface area contributed by atoms with Gasteiger partial charge in [-0.1, -0.05) is 91.0 Å². The molecule has 40 heavy (non-hydrogen) atoms. The highest BCUT2D eigenvalue weighted by atomic mass is 15.1. The molecule has 6 aromatic carbocycles. The number of rotatable bonds is 2. The Balaban J connectivity index is 1.54. The first kappa shape index (κ1) is 23.1. The van der Waals surface area contributed by atoms with Gasteiger partial charge in [-0.15, -0.1) is 0 Å². The van der Waals surface area contributed by atoms with E-state index in [4.69, 9.17) is 0 Å². The monoisotopic (exact) mass is 514 g/mol. The molecular formula is C38H30N2. The van der Waals surface area contributed by atoms with E-state index in [2.05, 4.69) is 157 Å².